The topological polar surface area (TPSA) is 35.2 Å². The number of hydrogen-bond acceptors (Lipinski definition) is 2. The van der Waals surface area contributed by atoms with E-state index in [1.807, 2.05) is 42.5 Å². The molecular weight excluding hydrogens is 290 g/mol. The van der Waals surface area contributed by atoms with E-state index in [1.54, 1.807) is 0 Å². The van der Waals surface area contributed by atoms with E-state index in [-0.39, 0.29) is 6.10 Å². The Balaban J connectivity index is 2.14. The Morgan fingerprint density at radius 2 is 1.67 bits per heavy atom. The largest absolute Gasteiger partial charge is 0.486 e. The second-order valence-electron chi connectivity index (χ2n) is 4.05. The molecular formula is C15H16BrNO. The molecule has 0 aromatic heterocycles. The molecule has 0 saturated heterocycles. The SMILES string of the molecule is NCCC(Oc1ccc(Br)cc1)c1ccccc1. The zero-order valence-corrected chi connectivity index (χ0v) is 11.6. The van der Waals surface area contributed by atoms with Gasteiger partial charge in [-0.3, -0.25) is 0 Å². The molecule has 2 rings (SSSR count). The normalized spacial score (nSPS) is 12.1. The Bertz CT molecular complexity index is 470. The van der Waals surface area contributed by atoms with E-state index in [2.05, 4.69) is 28.1 Å². The Morgan fingerprint density at radius 3 is 2.28 bits per heavy atom. The van der Waals surface area contributed by atoms with E-state index in [1.165, 1.54) is 0 Å². The Kier molecular flexibility index (Phi) is 4.79. The second kappa shape index (κ2) is 6.57. The number of ether oxygens (including phenoxy) is 1. The first-order valence-electron chi connectivity index (χ1n) is 5.97. The fraction of sp³-hybridized carbons (Fsp3) is 0.200. The highest BCUT2D eigenvalue weighted by atomic mass is 79.9. The molecule has 18 heavy (non-hydrogen) atoms. The van der Waals surface area contributed by atoms with E-state index < -0.39 is 0 Å². The van der Waals surface area contributed by atoms with Crippen molar-refractivity contribution in [3.05, 3.63) is 64.6 Å². The average Bonchev–Trinajstić information content (AvgIpc) is 2.42. The van der Waals surface area contributed by atoms with Crippen molar-refractivity contribution in [1.82, 2.24) is 0 Å². The molecule has 0 heterocycles. The summed E-state index contributed by atoms with van der Waals surface area (Å²) in [5.41, 5.74) is 6.82. The Labute approximate surface area is 116 Å². The van der Waals surface area contributed by atoms with E-state index >= 15 is 0 Å². The summed E-state index contributed by atoms with van der Waals surface area (Å²) in [4.78, 5) is 0. The number of rotatable bonds is 5. The molecule has 1 atom stereocenters. The number of halogens is 1. The van der Waals surface area contributed by atoms with Crippen LogP contribution in [0.15, 0.2) is 59.1 Å². The minimum atomic E-state index is 0.0115. The average molecular weight is 306 g/mol. The molecule has 0 aliphatic carbocycles. The van der Waals surface area contributed by atoms with Gasteiger partial charge in [0.05, 0.1) is 0 Å². The third kappa shape index (κ3) is 3.59. The molecule has 0 saturated carbocycles. The van der Waals surface area contributed by atoms with Crippen LogP contribution in [0.2, 0.25) is 0 Å². The first kappa shape index (κ1) is 13.1. The van der Waals surface area contributed by atoms with Crippen LogP contribution in [-0.4, -0.2) is 6.54 Å². The summed E-state index contributed by atoms with van der Waals surface area (Å²) in [6.07, 6.45) is 0.817. The maximum atomic E-state index is 6.00. The molecule has 0 bridgehead atoms. The van der Waals surface area contributed by atoms with Crippen LogP contribution in [0.5, 0.6) is 5.75 Å². The third-order valence-electron chi connectivity index (χ3n) is 2.69. The maximum Gasteiger partial charge on any atom is 0.125 e. The highest BCUT2D eigenvalue weighted by Crippen LogP contribution is 2.25. The van der Waals surface area contributed by atoms with Gasteiger partial charge >= 0.3 is 0 Å². The van der Waals surface area contributed by atoms with Gasteiger partial charge < -0.3 is 10.5 Å². The number of benzene rings is 2. The summed E-state index contributed by atoms with van der Waals surface area (Å²) >= 11 is 3.41. The minimum Gasteiger partial charge on any atom is -0.486 e. The van der Waals surface area contributed by atoms with E-state index in [9.17, 15) is 0 Å². The van der Waals surface area contributed by atoms with Crippen LogP contribution < -0.4 is 10.5 Å². The highest BCUT2D eigenvalue weighted by molar-refractivity contribution is 9.10. The van der Waals surface area contributed by atoms with E-state index in [0.29, 0.717) is 6.54 Å². The zero-order chi connectivity index (χ0) is 12.8. The summed E-state index contributed by atoms with van der Waals surface area (Å²) in [6, 6.07) is 18.0. The molecule has 2 aromatic rings. The van der Waals surface area contributed by atoms with Gasteiger partial charge in [-0.2, -0.15) is 0 Å². The monoisotopic (exact) mass is 305 g/mol. The van der Waals surface area contributed by atoms with Crippen LogP contribution in [0.4, 0.5) is 0 Å². The van der Waals surface area contributed by atoms with Crippen LogP contribution in [0.25, 0.3) is 0 Å². The van der Waals surface area contributed by atoms with Crippen molar-refractivity contribution >= 4 is 15.9 Å². The molecule has 0 fully saturated rings. The summed E-state index contributed by atoms with van der Waals surface area (Å²) in [5, 5.41) is 0. The molecule has 0 aliphatic rings. The second-order valence-corrected chi connectivity index (χ2v) is 4.96. The zero-order valence-electron chi connectivity index (χ0n) is 10.1. The summed E-state index contributed by atoms with van der Waals surface area (Å²) in [5.74, 6) is 0.862. The van der Waals surface area contributed by atoms with Gasteiger partial charge in [-0.1, -0.05) is 46.3 Å². The molecule has 2 nitrogen and oxygen atoms in total. The van der Waals surface area contributed by atoms with Crippen molar-refractivity contribution in [2.24, 2.45) is 5.73 Å². The van der Waals surface area contributed by atoms with Crippen LogP contribution in [0.1, 0.15) is 18.1 Å². The van der Waals surface area contributed by atoms with Crippen molar-refractivity contribution in [3.63, 3.8) is 0 Å². The van der Waals surface area contributed by atoms with Crippen molar-refractivity contribution in [2.75, 3.05) is 6.54 Å². The quantitative estimate of drug-likeness (QED) is 0.908. The van der Waals surface area contributed by atoms with Gasteiger partial charge in [0, 0.05) is 10.9 Å². The maximum absolute atomic E-state index is 6.00. The molecule has 3 heteroatoms. The van der Waals surface area contributed by atoms with Crippen LogP contribution in [-0.2, 0) is 0 Å². The smallest absolute Gasteiger partial charge is 0.125 e. The van der Waals surface area contributed by atoms with E-state index in [0.717, 1.165) is 22.2 Å². The molecule has 2 aromatic carbocycles. The highest BCUT2D eigenvalue weighted by Gasteiger charge is 2.11. The van der Waals surface area contributed by atoms with Gasteiger partial charge in [-0.25, -0.2) is 0 Å². The third-order valence-corrected chi connectivity index (χ3v) is 3.22. The standard InChI is InChI=1S/C15H16BrNO/c16-13-6-8-14(9-7-13)18-15(10-11-17)12-4-2-1-3-5-12/h1-9,15H,10-11,17H2. The van der Waals surface area contributed by atoms with Gasteiger partial charge in [0.1, 0.15) is 11.9 Å². The molecule has 0 aliphatic heterocycles. The lowest BCUT2D eigenvalue weighted by atomic mass is 10.1. The van der Waals surface area contributed by atoms with Gasteiger partial charge in [-0.15, -0.1) is 0 Å². The van der Waals surface area contributed by atoms with Crippen LogP contribution in [0, 0.1) is 0 Å². The number of nitrogens with two attached hydrogens (primary N) is 1. The van der Waals surface area contributed by atoms with Gasteiger partial charge in [0.25, 0.3) is 0 Å². The molecule has 0 spiro atoms. The predicted molar refractivity (Wildman–Crippen MR) is 77.6 cm³/mol. The van der Waals surface area contributed by atoms with Crippen molar-refractivity contribution in [1.29, 1.82) is 0 Å². The summed E-state index contributed by atoms with van der Waals surface area (Å²) in [7, 11) is 0. The first-order chi connectivity index (χ1) is 8.79. The fourth-order valence-corrected chi connectivity index (χ4v) is 2.05. The molecule has 0 amide bonds. The molecule has 94 valence electrons. The lowest BCUT2D eigenvalue weighted by Crippen LogP contribution is -2.13. The van der Waals surface area contributed by atoms with Gasteiger partial charge in [-0.05, 0) is 36.4 Å². The van der Waals surface area contributed by atoms with E-state index in [4.69, 9.17) is 10.5 Å². The Morgan fingerprint density at radius 1 is 1.00 bits per heavy atom. The summed E-state index contributed by atoms with van der Waals surface area (Å²) < 4.78 is 7.04. The van der Waals surface area contributed by atoms with Crippen molar-refractivity contribution in [2.45, 2.75) is 12.5 Å². The van der Waals surface area contributed by atoms with Crippen molar-refractivity contribution in [3.8, 4) is 5.75 Å². The molecule has 1 unspecified atom stereocenters. The van der Waals surface area contributed by atoms with Crippen LogP contribution in [0.3, 0.4) is 0 Å². The van der Waals surface area contributed by atoms with Gasteiger partial charge in [0.15, 0.2) is 0 Å². The number of hydrogen-bond donors (Lipinski definition) is 1. The minimum absolute atomic E-state index is 0.0115. The molecule has 2 N–H and O–H groups in total. The summed E-state index contributed by atoms with van der Waals surface area (Å²) in [6.45, 7) is 0.607. The predicted octanol–water partition coefficient (Wildman–Crippen LogP) is 3.92. The molecule has 0 radical (unpaired) electrons. The first-order valence-corrected chi connectivity index (χ1v) is 6.76. The Hall–Kier alpha value is -1.32. The van der Waals surface area contributed by atoms with Gasteiger partial charge in [0.2, 0.25) is 0 Å². The lowest BCUT2D eigenvalue weighted by molar-refractivity contribution is 0.198. The van der Waals surface area contributed by atoms with Crippen LogP contribution >= 0.6 is 15.9 Å². The van der Waals surface area contributed by atoms with Crippen molar-refractivity contribution < 1.29 is 4.74 Å². The fourth-order valence-electron chi connectivity index (χ4n) is 1.79. The lowest BCUT2D eigenvalue weighted by Gasteiger charge is -2.19.